The smallest absolute Gasteiger partial charge is 0.337 e. The quantitative estimate of drug-likeness (QED) is 0.874. The van der Waals surface area contributed by atoms with Crippen molar-refractivity contribution in [1.29, 1.82) is 0 Å². The molecule has 0 spiro atoms. The summed E-state index contributed by atoms with van der Waals surface area (Å²) >= 11 is 3.28. The van der Waals surface area contributed by atoms with Crippen molar-refractivity contribution in [3.05, 3.63) is 57.8 Å². The Morgan fingerprint density at radius 2 is 2.20 bits per heavy atom. The van der Waals surface area contributed by atoms with Gasteiger partial charge in [0.15, 0.2) is 0 Å². The largest absolute Gasteiger partial charge is 0.478 e. The average Bonchev–Trinajstić information content (AvgIpc) is 2.46. The van der Waals surface area contributed by atoms with Crippen LogP contribution in [0.5, 0.6) is 0 Å². The molecule has 0 atom stereocenters. The molecule has 2 N–H and O–H groups in total. The number of nitrogens with zero attached hydrogens (tertiary/aromatic N) is 1. The number of aryl methyl sites for hydroxylation is 1. The van der Waals surface area contributed by atoms with E-state index in [-0.39, 0.29) is 5.56 Å². The van der Waals surface area contributed by atoms with Gasteiger partial charge in [-0.2, -0.15) is 0 Å². The van der Waals surface area contributed by atoms with E-state index in [0.29, 0.717) is 12.2 Å². The molecule has 0 saturated carbocycles. The highest BCUT2D eigenvalue weighted by atomic mass is 79.9. The number of hydrogen-bond acceptors (Lipinski definition) is 3. The van der Waals surface area contributed by atoms with E-state index in [2.05, 4.69) is 33.2 Å². The number of halogens is 1. The monoisotopic (exact) mass is 334 g/mol. The number of nitrogens with one attached hydrogen (secondary N) is 1. The lowest BCUT2D eigenvalue weighted by molar-refractivity contribution is 0.0698. The lowest BCUT2D eigenvalue weighted by Gasteiger charge is -2.11. The molecule has 1 heterocycles. The van der Waals surface area contributed by atoms with E-state index in [0.717, 1.165) is 22.2 Å². The molecule has 104 valence electrons. The third kappa shape index (κ3) is 3.36. The van der Waals surface area contributed by atoms with Gasteiger partial charge in [0, 0.05) is 16.4 Å². The Morgan fingerprint density at radius 1 is 1.40 bits per heavy atom. The molecule has 0 unspecified atom stereocenters. The second-order valence-corrected chi connectivity index (χ2v) is 5.23. The molecular weight excluding hydrogens is 320 g/mol. The molecule has 0 fully saturated rings. The van der Waals surface area contributed by atoms with Crippen LogP contribution >= 0.6 is 15.9 Å². The first-order valence-corrected chi connectivity index (χ1v) is 7.10. The summed E-state index contributed by atoms with van der Waals surface area (Å²) in [4.78, 5) is 15.6. The van der Waals surface area contributed by atoms with E-state index in [1.54, 1.807) is 18.3 Å². The predicted octanol–water partition coefficient (Wildman–Crippen LogP) is 3.72. The van der Waals surface area contributed by atoms with Gasteiger partial charge in [0.25, 0.3) is 0 Å². The lowest BCUT2D eigenvalue weighted by Crippen LogP contribution is -2.09. The van der Waals surface area contributed by atoms with Crippen molar-refractivity contribution >= 4 is 27.6 Å². The second-order valence-electron chi connectivity index (χ2n) is 4.31. The Hall–Kier alpha value is -1.88. The van der Waals surface area contributed by atoms with Gasteiger partial charge in [-0.25, -0.2) is 4.79 Å². The Balaban J connectivity index is 2.21. The fraction of sp³-hybridized carbons (Fsp3) is 0.200. The van der Waals surface area contributed by atoms with Crippen molar-refractivity contribution in [2.45, 2.75) is 19.9 Å². The minimum Gasteiger partial charge on any atom is -0.478 e. The lowest BCUT2D eigenvalue weighted by atomic mass is 10.1. The maximum Gasteiger partial charge on any atom is 0.337 e. The van der Waals surface area contributed by atoms with Gasteiger partial charge in [0.2, 0.25) is 0 Å². The van der Waals surface area contributed by atoms with Crippen molar-refractivity contribution in [3.8, 4) is 0 Å². The first-order chi connectivity index (χ1) is 9.61. The number of hydrogen-bond donors (Lipinski definition) is 2. The number of rotatable bonds is 5. The predicted molar refractivity (Wildman–Crippen MR) is 82.0 cm³/mol. The van der Waals surface area contributed by atoms with Crippen LogP contribution in [-0.2, 0) is 13.0 Å². The number of aromatic nitrogens is 1. The molecule has 0 aliphatic heterocycles. The second kappa shape index (κ2) is 6.52. The highest BCUT2D eigenvalue weighted by Gasteiger charge is 2.11. The van der Waals surface area contributed by atoms with Crippen molar-refractivity contribution < 1.29 is 9.90 Å². The van der Waals surface area contributed by atoms with Crippen LogP contribution in [0.15, 0.2) is 41.0 Å². The number of carboxylic acid groups (broad SMARTS) is 1. The molecule has 0 aliphatic carbocycles. The van der Waals surface area contributed by atoms with E-state index in [4.69, 9.17) is 0 Å². The summed E-state index contributed by atoms with van der Waals surface area (Å²) < 4.78 is 0.743. The molecule has 2 rings (SSSR count). The van der Waals surface area contributed by atoms with Gasteiger partial charge in [-0.3, -0.25) is 4.98 Å². The van der Waals surface area contributed by atoms with Crippen LogP contribution in [0.3, 0.4) is 0 Å². The SMILES string of the molecule is CCc1cccnc1CNc1ccc(Br)cc1C(=O)O. The van der Waals surface area contributed by atoms with Crippen molar-refractivity contribution in [2.75, 3.05) is 5.32 Å². The molecule has 0 amide bonds. The van der Waals surface area contributed by atoms with Crippen LogP contribution in [0, 0.1) is 0 Å². The number of anilines is 1. The molecule has 0 radical (unpaired) electrons. The highest BCUT2D eigenvalue weighted by molar-refractivity contribution is 9.10. The van der Waals surface area contributed by atoms with Crippen LogP contribution in [0.1, 0.15) is 28.5 Å². The Labute approximate surface area is 126 Å². The first kappa shape index (κ1) is 14.5. The first-order valence-electron chi connectivity index (χ1n) is 6.31. The van der Waals surface area contributed by atoms with Crippen LogP contribution in [0.2, 0.25) is 0 Å². The minimum absolute atomic E-state index is 0.244. The normalized spacial score (nSPS) is 10.3. The van der Waals surface area contributed by atoms with E-state index in [9.17, 15) is 9.90 Å². The van der Waals surface area contributed by atoms with Gasteiger partial charge in [0.1, 0.15) is 0 Å². The number of aromatic carboxylic acids is 1. The summed E-state index contributed by atoms with van der Waals surface area (Å²) in [6.07, 6.45) is 2.65. The molecule has 0 saturated heterocycles. The Kier molecular flexibility index (Phi) is 4.74. The van der Waals surface area contributed by atoms with E-state index in [1.807, 2.05) is 18.2 Å². The fourth-order valence-electron chi connectivity index (χ4n) is 1.98. The van der Waals surface area contributed by atoms with Gasteiger partial charge in [-0.15, -0.1) is 0 Å². The third-order valence-electron chi connectivity index (χ3n) is 3.02. The molecule has 4 nitrogen and oxygen atoms in total. The van der Waals surface area contributed by atoms with Crippen LogP contribution in [0.25, 0.3) is 0 Å². The van der Waals surface area contributed by atoms with Gasteiger partial charge in [0.05, 0.1) is 17.8 Å². The van der Waals surface area contributed by atoms with Gasteiger partial charge in [-0.05, 0) is 36.2 Å². The zero-order chi connectivity index (χ0) is 14.5. The van der Waals surface area contributed by atoms with E-state index in [1.165, 1.54) is 0 Å². The average molecular weight is 335 g/mol. The van der Waals surface area contributed by atoms with Crippen molar-refractivity contribution in [1.82, 2.24) is 4.98 Å². The van der Waals surface area contributed by atoms with Crippen LogP contribution < -0.4 is 5.32 Å². The number of benzene rings is 1. The molecular formula is C15H15BrN2O2. The zero-order valence-electron chi connectivity index (χ0n) is 11.1. The molecule has 0 aliphatic rings. The van der Waals surface area contributed by atoms with Crippen LogP contribution in [-0.4, -0.2) is 16.1 Å². The molecule has 1 aromatic carbocycles. The van der Waals surface area contributed by atoms with Gasteiger partial charge < -0.3 is 10.4 Å². The summed E-state index contributed by atoms with van der Waals surface area (Å²) in [6, 6.07) is 9.09. The maximum absolute atomic E-state index is 11.2. The summed E-state index contributed by atoms with van der Waals surface area (Å²) in [6.45, 7) is 2.58. The standard InChI is InChI=1S/C15H15BrN2O2/c1-2-10-4-3-7-17-14(10)9-18-13-6-5-11(16)8-12(13)15(19)20/h3-8,18H,2,9H2,1H3,(H,19,20). The molecule has 0 bridgehead atoms. The number of carbonyl (C=O) groups is 1. The molecule has 20 heavy (non-hydrogen) atoms. The summed E-state index contributed by atoms with van der Waals surface area (Å²) in [5, 5.41) is 12.4. The number of carboxylic acids is 1. The number of pyridine rings is 1. The molecule has 5 heteroatoms. The van der Waals surface area contributed by atoms with E-state index >= 15 is 0 Å². The molecule has 1 aromatic heterocycles. The third-order valence-corrected chi connectivity index (χ3v) is 3.52. The van der Waals surface area contributed by atoms with Gasteiger partial charge in [-0.1, -0.05) is 28.9 Å². The fourth-order valence-corrected chi connectivity index (χ4v) is 2.34. The minimum atomic E-state index is -0.953. The molecule has 2 aromatic rings. The summed E-state index contributed by atoms with van der Waals surface area (Å²) in [5.74, 6) is -0.953. The van der Waals surface area contributed by atoms with Crippen molar-refractivity contribution in [2.24, 2.45) is 0 Å². The van der Waals surface area contributed by atoms with E-state index < -0.39 is 5.97 Å². The Morgan fingerprint density at radius 3 is 2.90 bits per heavy atom. The van der Waals surface area contributed by atoms with Crippen LogP contribution in [0.4, 0.5) is 5.69 Å². The van der Waals surface area contributed by atoms with Gasteiger partial charge >= 0.3 is 5.97 Å². The highest BCUT2D eigenvalue weighted by Crippen LogP contribution is 2.22. The zero-order valence-corrected chi connectivity index (χ0v) is 12.6. The van der Waals surface area contributed by atoms with Crippen molar-refractivity contribution in [3.63, 3.8) is 0 Å². The maximum atomic E-state index is 11.2. The summed E-state index contributed by atoms with van der Waals surface area (Å²) in [5.41, 5.74) is 2.94. The topological polar surface area (TPSA) is 62.2 Å². The summed E-state index contributed by atoms with van der Waals surface area (Å²) in [7, 11) is 0. The Bertz CT molecular complexity index is 629.